The highest BCUT2D eigenvalue weighted by Crippen LogP contribution is 2.24. The van der Waals surface area contributed by atoms with Crippen LogP contribution in [0.5, 0.6) is 0 Å². The van der Waals surface area contributed by atoms with Crippen molar-refractivity contribution in [3.05, 3.63) is 66.4 Å². The molecule has 3 aromatic rings. The molecule has 1 atom stereocenters. The van der Waals surface area contributed by atoms with Crippen LogP contribution in [0.1, 0.15) is 18.4 Å². The highest BCUT2D eigenvalue weighted by molar-refractivity contribution is 5.79. The molecule has 2 aromatic heterocycles. The van der Waals surface area contributed by atoms with E-state index in [2.05, 4.69) is 15.1 Å². The molecule has 1 fully saturated rings. The van der Waals surface area contributed by atoms with Crippen molar-refractivity contribution in [3.63, 3.8) is 0 Å². The molecule has 28 heavy (non-hydrogen) atoms. The first kappa shape index (κ1) is 18.2. The predicted octanol–water partition coefficient (Wildman–Crippen LogP) is 3.61. The Labute approximate surface area is 164 Å². The maximum Gasteiger partial charge on any atom is 0.227 e. The number of hydrogen-bond donors (Lipinski definition) is 0. The van der Waals surface area contributed by atoms with Crippen LogP contribution < -0.4 is 4.90 Å². The molecule has 0 bridgehead atoms. The monoisotopic (exact) mass is 376 g/mol. The Hall–Kier alpha value is -3.15. The van der Waals surface area contributed by atoms with Gasteiger partial charge < -0.3 is 14.2 Å². The zero-order chi connectivity index (χ0) is 19.3. The molecule has 0 aliphatic carbocycles. The zero-order valence-electron chi connectivity index (χ0n) is 16.0. The summed E-state index contributed by atoms with van der Waals surface area (Å²) in [6, 6.07) is 17.6. The van der Waals surface area contributed by atoms with Crippen LogP contribution in [0, 0.1) is 5.92 Å². The minimum atomic E-state index is -0.0194. The van der Waals surface area contributed by atoms with Crippen LogP contribution in [0.15, 0.2) is 65.3 Å². The molecule has 3 heterocycles. The van der Waals surface area contributed by atoms with Crippen molar-refractivity contribution in [1.29, 1.82) is 0 Å². The average molecular weight is 376 g/mol. The summed E-state index contributed by atoms with van der Waals surface area (Å²) in [6.07, 6.45) is 3.50. The molecule has 1 amide bonds. The summed E-state index contributed by atoms with van der Waals surface area (Å²) < 4.78 is 5.36. The highest BCUT2D eigenvalue weighted by Gasteiger charge is 2.28. The smallest absolute Gasteiger partial charge is 0.227 e. The summed E-state index contributed by atoms with van der Waals surface area (Å²) in [5.41, 5.74) is 1.85. The lowest BCUT2D eigenvalue weighted by atomic mass is 9.96. The third kappa shape index (κ3) is 4.06. The molecule has 144 valence electrons. The number of piperidine rings is 1. The van der Waals surface area contributed by atoms with Crippen LogP contribution in [-0.2, 0) is 11.3 Å². The van der Waals surface area contributed by atoms with Crippen molar-refractivity contribution < 1.29 is 9.21 Å². The van der Waals surface area contributed by atoms with Gasteiger partial charge in [-0.15, -0.1) is 10.2 Å². The van der Waals surface area contributed by atoms with Crippen molar-refractivity contribution in [3.8, 4) is 11.5 Å². The molecule has 1 aromatic carbocycles. The third-order valence-corrected chi connectivity index (χ3v) is 5.16. The van der Waals surface area contributed by atoms with Crippen LogP contribution in [0.4, 0.5) is 5.82 Å². The lowest BCUT2D eigenvalue weighted by Gasteiger charge is -2.34. The molecule has 1 saturated heterocycles. The Bertz CT molecular complexity index is 894. The van der Waals surface area contributed by atoms with Crippen LogP contribution >= 0.6 is 0 Å². The predicted molar refractivity (Wildman–Crippen MR) is 108 cm³/mol. The first-order valence-electron chi connectivity index (χ1n) is 9.62. The van der Waals surface area contributed by atoms with Crippen LogP contribution in [0.2, 0.25) is 0 Å². The quantitative estimate of drug-likeness (QED) is 0.681. The molecule has 1 aliphatic heterocycles. The van der Waals surface area contributed by atoms with Gasteiger partial charge in [0.15, 0.2) is 11.6 Å². The maximum absolute atomic E-state index is 12.9. The van der Waals surface area contributed by atoms with Gasteiger partial charge in [0.05, 0.1) is 12.2 Å². The SMILES string of the molecule is CN(Cc1ccccc1)C(=O)C1CCCN(c2ccc(-c3ccco3)nn2)C1. The maximum atomic E-state index is 12.9. The molecule has 1 aliphatic rings. The molecule has 0 N–H and O–H groups in total. The molecule has 0 spiro atoms. The summed E-state index contributed by atoms with van der Waals surface area (Å²) in [5.74, 6) is 1.68. The number of carbonyl (C=O) groups is 1. The van der Waals surface area contributed by atoms with E-state index in [1.54, 1.807) is 6.26 Å². The van der Waals surface area contributed by atoms with Gasteiger partial charge in [0.1, 0.15) is 5.69 Å². The molecule has 6 heteroatoms. The summed E-state index contributed by atoms with van der Waals surface area (Å²) in [5, 5.41) is 8.63. The van der Waals surface area contributed by atoms with Gasteiger partial charge in [-0.2, -0.15) is 0 Å². The van der Waals surface area contributed by atoms with Crippen molar-refractivity contribution >= 4 is 11.7 Å². The standard InChI is InChI=1S/C22H24N4O2/c1-25(15-17-7-3-2-4-8-17)22(27)18-9-5-13-26(16-18)21-12-11-19(23-24-21)20-10-6-14-28-20/h2-4,6-8,10-12,14,18H,5,9,13,15-16H2,1H3. The largest absolute Gasteiger partial charge is 0.463 e. The molecular weight excluding hydrogens is 352 g/mol. The van der Waals surface area contributed by atoms with Gasteiger partial charge >= 0.3 is 0 Å². The Morgan fingerprint density at radius 1 is 1.14 bits per heavy atom. The second-order valence-corrected chi connectivity index (χ2v) is 7.22. The van der Waals surface area contributed by atoms with E-state index in [0.717, 1.165) is 30.8 Å². The summed E-state index contributed by atoms with van der Waals surface area (Å²) in [7, 11) is 1.88. The van der Waals surface area contributed by atoms with E-state index in [9.17, 15) is 4.79 Å². The fourth-order valence-corrected chi connectivity index (χ4v) is 3.68. The number of aromatic nitrogens is 2. The topological polar surface area (TPSA) is 62.5 Å². The Balaban J connectivity index is 1.40. The summed E-state index contributed by atoms with van der Waals surface area (Å²) in [6.45, 7) is 2.20. The Kier molecular flexibility index (Phi) is 5.37. The lowest BCUT2D eigenvalue weighted by Crippen LogP contribution is -2.43. The zero-order valence-corrected chi connectivity index (χ0v) is 16.0. The molecule has 6 nitrogen and oxygen atoms in total. The van der Waals surface area contributed by atoms with E-state index >= 15 is 0 Å². The summed E-state index contributed by atoms with van der Waals surface area (Å²) >= 11 is 0. The average Bonchev–Trinajstić information content (AvgIpc) is 3.29. The van der Waals surface area contributed by atoms with Gasteiger partial charge in [-0.3, -0.25) is 4.79 Å². The van der Waals surface area contributed by atoms with E-state index in [0.29, 0.717) is 24.5 Å². The summed E-state index contributed by atoms with van der Waals surface area (Å²) in [4.78, 5) is 16.9. The molecule has 0 radical (unpaired) electrons. The fraction of sp³-hybridized carbons (Fsp3) is 0.318. The fourth-order valence-electron chi connectivity index (χ4n) is 3.68. The number of rotatable bonds is 5. The molecule has 0 saturated carbocycles. The van der Waals surface area contributed by atoms with Gasteiger partial charge in [0, 0.05) is 26.7 Å². The highest BCUT2D eigenvalue weighted by atomic mass is 16.3. The van der Waals surface area contributed by atoms with Crippen molar-refractivity contribution in [2.45, 2.75) is 19.4 Å². The van der Waals surface area contributed by atoms with E-state index in [-0.39, 0.29) is 11.8 Å². The second-order valence-electron chi connectivity index (χ2n) is 7.22. The van der Waals surface area contributed by atoms with Gasteiger partial charge in [0.2, 0.25) is 5.91 Å². The number of amides is 1. The number of carbonyl (C=O) groups excluding carboxylic acids is 1. The number of furan rings is 1. The number of nitrogens with zero attached hydrogens (tertiary/aromatic N) is 4. The van der Waals surface area contributed by atoms with E-state index in [4.69, 9.17) is 4.42 Å². The molecule has 1 unspecified atom stereocenters. The van der Waals surface area contributed by atoms with Crippen molar-refractivity contribution in [2.24, 2.45) is 5.92 Å². The number of hydrogen-bond acceptors (Lipinski definition) is 5. The van der Waals surface area contributed by atoms with E-state index in [1.807, 2.05) is 66.5 Å². The van der Waals surface area contributed by atoms with Gasteiger partial charge in [0.25, 0.3) is 0 Å². The third-order valence-electron chi connectivity index (χ3n) is 5.16. The second kappa shape index (κ2) is 8.25. The van der Waals surface area contributed by atoms with Gasteiger partial charge in [-0.1, -0.05) is 30.3 Å². The first-order valence-corrected chi connectivity index (χ1v) is 9.62. The number of anilines is 1. The van der Waals surface area contributed by atoms with E-state index < -0.39 is 0 Å². The number of benzene rings is 1. The van der Waals surface area contributed by atoms with Gasteiger partial charge in [-0.25, -0.2) is 0 Å². The minimum Gasteiger partial charge on any atom is -0.463 e. The first-order chi connectivity index (χ1) is 13.7. The van der Waals surface area contributed by atoms with Crippen LogP contribution in [0.3, 0.4) is 0 Å². The normalized spacial score (nSPS) is 16.8. The lowest BCUT2D eigenvalue weighted by molar-refractivity contribution is -0.135. The molecular formula is C22H24N4O2. The van der Waals surface area contributed by atoms with Crippen molar-refractivity contribution in [2.75, 3.05) is 25.0 Å². The minimum absolute atomic E-state index is 0.0194. The Morgan fingerprint density at radius 3 is 2.71 bits per heavy atom. The van der Waals surface area contributed by atoms with Gasteiger partial charge in [-0.05, 0) is 42.7 Å². The molecule has 4 rings (SSSR count). The van der Waals surface area contributed by atoms with Crippen molar-refractivity contribution in [1.82, 2.24) is 15.1 Å². The Morgan fingerprint density at radius 2 is 2.00 bits per heavy atom. The van der Waals surface area contributed by atoms with E-state index in [1.165, 1.54) is 0 Å². The van der Waals surface area contributed by atoms with Crippen LogP contribution in [-0.4, -0.2) is 41.1 Å². The van der Waals surface area contributed by atoms with Crippen LogP contribution in [0.25, 0.3) is 11.5 Å².